The quantitative estimate of drug-likeness (QED) is 0.774. The number of hydrogen-bond donors (Lipinski definition) is 1. The summed E-state index contributed by atoms with van der Waals surface area (Å²) in [6.07, 6.45) is 1.75. The van der Waals surface area contributed by atoms with Crippen molar-refractivity contribution in [1.82, 2.24) is 9.38 Å². The zero-order chi connectivity index (χ0) is 14.3. The first-order chi connectivity index (χ1) is 9.56. The average molecular weight is 266 g/mol. The maximum absolute atomic E-state index is 11.6. The number of hydrogen-bond acceptors (Lipinski definition) is 2. The minimum Gasteiger partial charge on any atom is -0.476 e. The van der Waals surface area contributed by atoms with Crippen LogP contribution in [0.2, 0.25) is 0 Å². The molecule has 0 atom stereocenters. The van der Waals surface area contributed by atoms with Crippen molar-refractivity contribution in [2.75, 3.05) is 0 Å². The van der Waals surface area contributed by atoms with Gasteiger partial charge in [0.1, 0.15) is 11.3 Å². The lowest BCUT2D eigenvalue weighted by molar-refractivity contribution is 0.0690. The number of benzene rings is 1. The van der Waals surface area contributed by atoms with Crippen LogP contribution >= 0.6 is 0 Å². The van der Waals surface area contributed by atoms with Gasteiger partial charge in [0.15, 0.2) is 5.69 Å². The Morgan fingerprint density at radius 3 is 2.45 bits per heavy atom. The predicted molar refractivity (Wildman–Crippen MR) is 77.1 cm³/mol. The first-order valence-corrected chi connectivity index (χ1v) is 6.35. The summed E-state index contributed by atoms with van der Waals surface area (Å²) in [6.45, 7) is 3.95. The van der Waals surface area contributed by atoms with Crippen molar-refractivity contribution in [2.24, 2.45) is 0 Å². The summed E-state index contributed by atoms with van der Waals surface area (Å²) in [4.78, 5) is 16.0. The zero-order valence-corrected chi connectivity index (χ0v) is 11.3. The van der Waals surface area contributed by atoms with Gasteiger partial charge >= 0.3 is 5.97 Å². The molecule has 100 valence electrons. The smallest absolute Gasteiger partial charge is 0.355 e. The Morgan fingerprint density at radius 2 is 1.80 bits per heavy atom. The van der Waals surface area contributed by atoms with E-state index in [-0.39, 0.29) is 5.69 Å². The highest BCUT2D eigenvalue weighted by molar-refractivity contribution is 5.94. The maximum Gasteiger partial charge on any atom is 0.355 e. The van der Waals surface area contributed by atoms with Gasteiger partial charge in [-0.2, -0.15) is 0 Å². The van der Waals surface area contributed by atoms with Gasteiger partial charge in [-0.1, -0.05) is 29.8 Å². The number of carboxylic acid groups (broad SMARTS) is 1. The van der Waals surface area contributed by atoms with E-state index in [1.165, 1.54) is 0 Å². The number of fused-ring (bicyclic) bond motifs is 1. The van der Waals surface area contributed by atoms with Crippen LogP contribution in [0.4, 0.5) is 0 Å². The Hall–Kier alpha value is -2.62. The standard InChI is InChI=1S/C16H14N2O2/c1-10-3-5-12(6-4-10)14-15(16(19)20)18-8-7-11(2)9-13(18)17-14/h3-9H,1-2H3,(H,19,20). The Balaban J connectivity index is 2.31. The average Bonchev–Trinajstić information content (AvgIpc) is 2.77. The van der Waals surface area contributed by atoms with Crippen molar-refractivity contribution in [1.29, 1.82) is 0 Å². The van der Waals surface area contributed by atoms with E-state index in [1.54, 1.807) is 10.6 Å². The lowest BCUT2D eigenvalue weighted by atomic mass is 10.1. The first-order valence-electron chi connectivity index (χ1n) is 6.35. The van der Waals surface area contributed by atoms with Crippen molar-refractivity contribution in [2.45, 2.75) is 13.8 Å². The van der Waals surface area contributed by atoms with Crippen molar-refractivity contribution < 1.29 is 9.90 Å². The minimum atomic E-state index is -0.975. The summed E-state index contributed by atoms with van der Waals surface area (Å²) >= 11 is 0. The Labute approximate surface area is 116 Å². The lowest BCUT2D eigenvalue weighted by Crippen LogP contribution is -2.03. The molecule has 0 aliphatic carbocycles. The van der Waals surface area contributed by atoms with Gasteiger partial charge in [0, 0.05) is 11.8 Å². The molecule has 20 heavy (non-hydrogen) atoms. The molecule has 0 saturated heterocycles. The van der Waals surface area contributed by atoms with Crippen LogP contribution < -0.4 is 0 Å². The molecule has 0 aliphatic heterocycles. The van der Waals surface area contributed by atoms with Crippen LogP contribution in [0.15, 0.2) is 42.6 Å². The second kappa shape index (κ2) is 4.49. The van der Waals surface area contributed by atoms with Crippen LogP contribution in [0.25, 0.3) is 16.9 Å². The van der Waals surface area contributed by atoms with Crippen molar-refractivity contribution >= 4 is 11.6 Å². The van der Waals surface area contributed by atoms with Crippen LogP contribution in [0.3, 0.4) is 0 Å². The van der Waals surface area contributed by atoms with Gasteiger partial charge in [-0.25, -0.2) is 9.78 Å². The Bertz CT molecular complexity index is 801. The highest BCUT2D eigenvalue weighted by Crippen LogP contribution is 2.25. The second-order valence-electron chi connectivity index (χ2n) is 4.91. The Morgan fingerprint density at radius 1 is 1.10 bits per heavy atom. The monoisotopic (exact) mass is 266 g/mol. The van der Waals surface area contributed by atoms with Crippen molar-refractivity contribution in [3.8, 4) is 11.3 Å². The van der Waals surface area contributed by atoms with Crippen LogP contribution in [0.5, 0.6) is 0 Å². The molecule has 0 radical (unpaired) electrons. The molecule has 0 saturated carbocycles. The topological polar surface area (TPSA) is 54.6 Å². The van der Waals surface area contributed by atoms with Gasteiger partial charge in [0.05, 0.1) is 0 Å². The third kappa shape index (κ3) is 1.95. The first kappa shape index (κ1) is 12.4. The van der Waals surface area contributed by atoms with Crippen LogP contribution in [-0.4, -0.2) is 20.5 Å². The third-order valence-electron chi connectivity index (χ3n) is 3.31. The highest BCUT2D eigenvalue weighted by Gasteiger charge is 2.19. The molecular formula is C16H14N2O2. The number of carbonyl (C=O) groups is 1. The predicted octanol–water partition coefficient (Wildman–Crippen LogP) is 3.32. The molecule has 4 nitrogen and oxygen atoms in total. The minimum absolute atomic E-state index is 0.198. The molecule has 0 aliphatic rings. The van der Waals surface area contributed by atoms with Gasteiger partial charge in [-0.15, -0.1) is 0 Å². The summed E-state index contributed by atoms with van der Waals surface area (Å²) in [5, 5.41) is 9.48. The number of aromatic carboxylic acids is 1. The van der Waals surface area contributed by atoms with Crippen LogP contribution in [-0.2, 0) is 0 Å². The van der Waals surface area contributed by atoms with E-state index in [2.05, 4.69) is 4.98 Å². The van der Waals surface area contributed by atoms with E-state index in [0.717, 1.165) is 16.7 Å². The van der Waals surface area contributed by atoms with E-state index in [0.29, 0.717) is 11.3 Å². The molecular weight excluding hydrogens is 252 g/mol. The van der Waals surface area contributed by atoms with Crippen LogP contribution in [0, 0.1) is 13.8 Å². The van der Waals surface area contributed by atoms with Gasteiger partial charge in [-0.05, 0) is 31.5 Å². The van der Waals surface area contributed by atoms with E-state index < -0.39 is 5.97 Å². The fourth-order valence-corrected chi connectivity index (χ4v) is 2.26. The van der Waals surface area contributed by atoms with Gasteiger partial charge < -0.3 is 5.11 Å². The zero-order valence-electron chi connectivity index (χ0n) is 11.3. The van der Waals surface area contributed by atoms with E-state index in [1.807, 2.05) is 50.2 Å². The van der Waals surface area contributed by atoms with E-state index >= 15 is 0 Å². The number of rotatable bonds is 2. The molecule has 2 aromatic heterocycles. The molecule has 1 aromatic carbocycles. The summed E-state index contributed by atoms with van der Waals surface area (Å²) in [7, 11) is 0. The second-order valence-corrected chi connectivity index (χ2v) is 4.91. The van der Waals surface area contributed by atoms with Crippen LogP contribution in [0.1, 0.15) is 21.6 Å². The van der Waals surface area contributed by atoms with Gasteiger partial charge in [0.2, 0.25) is 0 Å². The van der Waals surface area contributed by atoms with Crippen molar-refractivity contribution in [3.05, 3.63) is 59.4 Å². The summed E-state index contributed by atoms with van der Waals surface area (Å²) in [5.41, 5.74) is 4.35. The Kier molecular flexibility index (Phi) is 2.79. The largest absolute Gasteiger partial charge is 0.476 e. The molecule has 3 rings (SSSR count). The van der Waals surface area contributed by atoms with E-state index in [4.69, 9.17) is 0 Å². The molecule has 2 heterocycles. The number of imidazole rings is 1. The molecule has 0 spiro atoms. The molecule has 1 N–H and O–H groups in total. The van der Waals surface area contributed by atoms with Crippen molar-refractivity contribution in [3.63, 3.8) is 0 Å². The molecule has 0 bridgehead atoms. The van der Waals surface area contributed by atoms with E-state index in [9.17, 15) is 9.90 Å². The SMILES string of the molecule is Cc1ccc(-c2nc3cc(C)ccn3c2C(=O)O)cc1. The lowest BCUT2D eigenvalue weighted by Gasteiger charge is -2.01. The molecule has 0 unspecified atom stereocenters. The molecule has 0 amide bonds. The number of carboxylic acids is 1. The fourth-order valence-electron chi connectivity index (χ4n) is 2.26. The molecule has 0 fully saturated rings. The molecule has 4 heteroatoms. The number of aromatic nitrogens is 2. The summed E-state index contributed by atoms with van der Waals surface area (Å²) in [5.74, 6) is -0.975. The van der Waals surface area contributed by atoms with Gasteiger partial charge in [-0.3, -0.25) is 4.40 Å². The summed E-state index contributed by atoms with van der Waals surface area (Å²) in [6, 6.07) is 11.5. The van der Waals surface area contributed by atoms with Gasteiger partial charge in [0.25, 0.3) is 0 Å². The fraction of sp³-hybridized carbons (Fsp3) is 0.125. The highest BCUT2D eigenvalue weighted by atomic mass is 16.4. The number of pyridine rings is 1. The normalized spacial score (nSPS) is 10.9. The third-order valence-corrected chi connectivity index (χ3v) is 3.31. The number of aryl methyl sites for hydroxylation is 2. The number of nitrogens with zero attached hydrogens (tertiary/aromatic N) is 2. The molecule has 3 aromatic rings. The summed E-state index contributed by atoms with van der Waals surface area (Å²) < 4.78 is 1.62. The maximum atomic E-state index is 11.6.